The van der Waals surface area contributed by atoms with Crippen LogP contribution in [-0.2, 0) is 4.79 Å². The summed E-state index contributed by atoms with van der Waals surface area (Å²) in [5.74, 6) is 1.43. The molecule has 0 bridgehead atoms. The van der Waals surface area contributed by atoms with Crippen molar-refractivity contribution in [1.82, 2.24) is 10.2 Å². The third-order valence-electron chi connectivity index (χ3n) is 2.26. The summed E-state index contributed by atoms with van der Waals surface area (Å²) in [5, 5.41) is 2.89. The van der Waals surface area contributed by atoms with Gasteiger partial charge in [0.2, 0.25) is 5.91 Å². The van der Waals surface area contributed by atoms with Crippen LogP contribution in [0.25, 0.3) is 0 Å². The van der Waals surface area contributed by atoms with Crippen LogP contribution in [0.4, 0.5) is 0 Å². The normalized spacial score (nSPS) is 12.8. The van der Waals surface area contributed by atoms with E-state index in [9.17, 15) is 4.79 Å². The van der Waals surface area contributed by atoms with Crippen LogP contribution < -0.4 is 5.32 Å². The van der Waals surface area contributed by atoms with Gasteiger partial charge in [0, 0.05) is 6.54 Å². The Morgan fingerprint density at radius 2 is 2.38 bits per heavy atom. The molecule has 0 aliphatic carbocycles. The van der Waals surface area contributed by atoms with Gasteiger partial charge in [0.05, 0.1) is 18.1 Å². The van der Waals surface area contributed by atoms with Gasteiger partial charge in [-0.2, -0.15) is 11.8 Å². The lowest BCUT2D eigenvalue weighted by Crippen LogP contribution is -2.35. The van der Waals surface area contributed by atoms with E-state index in [-0.39, 0.29) is 11.9 Å². The number of likely N-dealkylation sites (N-methyl/N-ethyl adjacent to an activating group) is 1. The first-order valence-corrected chi connectivity index (χ1v) is 6.50. The monoisotopic (exact) mass is 242 g/mol. The second-order valence-electron chi connectivity index (χ2n) is 3.73. The number of nitrogens with zero attached hydrogens (tertiary/aromatic N) is 1. The van der Waals surface area contributed by atoms with Crippen LogP contribution in [0.15, 0.2) is 22.8 Å². The van der Waals surface area contributed by atoms with Crippen molar-refractivity contribution in [2.24, 2.45) is 0 Å². The highest BCUT2D eigenvalue weighted by atomic mass is 32.2. The van der Waals surface area contributed by atoms with Crippen molar-refractivity contribution in [2.45, 2.75) is 6.04 Å². The van der Waals surface area contributed by atoms with Gasteiger partial charge in [-0.15, -0.1) is 0 Å². The van der Waals surface area contributed by atoms with Gasteiger partial charge < -0.3 is 9.73 Å². The van der Waals surface area contributed by atoms with Crippen molar-refractivity contribution in [3.8, 4) is 0 Å². The maximum absolute atomic E-state index is 11.4. The fourth-order valence-corrected chi connectivity index (χ4v) is 1.78. The molecule has 0 saturated carbocycles. The van der Waals surface area contributed by atoms with Crippen molar-refractivity contribution in [1.29, 1.82) is 0 Å². The van der Waals surface area contributed by atoms with Crippen molar-refractivity contribution in [3.63, 3.8) is 0 Å². The van der Waals surface area contributed by atoms with Crippen LogP contribution in [0.5, 0.6) is 0 Å². The molecule has 16 heavy (non-hydrogen) atoms. The highest BCUT2D eigenvalue weighted by molar-refractivity contribution is 7.99. The summed E-state index contributed by atoms with van der Waals surface area (Å²) in [6, 6.07) is 3.86. The molecule has 0 aliphatic rings. The molecule has 0 fully saturated rings. The highest BCUT2D eigenvalue weighted by Gasteiger charge is 2.17. The Balaban J connectivity index is 2.50. The van der Waals surface area contributed by atoms with Gasteiger partial charge in [-0.05, 0) is 32.5 Å². The summed E-state index contributed by atoms with van der Waals surface area (Å²) in [6.07, 6.45) is 3.56. The molecule has 90 valence electrons. The van der Waals surface area contributed by atoms with Crippen molar-refractivity contribution >= 4 is 17.7 Å². The first-order chi connectivity index (χ1) is 7.65. The average Bonchev–Trinajstić information content (AvgIpc) is 2.71. The zero-order valence-electron chi connectivity index (χ0n) is 9.90. The maximum Gasteiger partial charge on any atom is 0.230 e. The molecule has 1 aromatic heterocycles. The second-order valence-corrected chi connectivity index (χ2v) is 4.60. The summed E-state index contributed by atoms with van der Waals surface area (Å²) in [7, 11) is 3.93. The van der Waals surface area contributed by atoms with Gasteiger partial charge in [0.15, 0.2) is 0 Å². The van der Waals surface area contributed by atoms with E-state index in [1.165, 1.54) is 11.8 Å². The largest absolute Gasteiger partial charge is 0.468 e. The Morgan fingerprint density at radius 1 is 1.62 bits per heavy atom. The standard InChI is InChI=1S/C11H18N2O2S/c1-13(2)9(10-5-4-6-15-10)7-12-11(14)8-16-3/h4-6,9H,7-8H2,1-3H3,(H,12,14). The van der Waals surface area contributed by atoms with Crippen LogP contribution in [0, 0.1) is 0 Å². The number of nitrogens with one attached hydrogen (secondary N) is 1. The Labute approximate surface area is 100 Å². The molecule has 1 rings (SSSR count). The van der Waals surface area contributed by atoms with Crippen molar-refractivity contribution in [3.05, 3.63) is 24.2 Å². The first kappa shape index (κ1) is 13.1. The third kappa shape index (κ3) is 3.90. The number of hydrogen-bond acceptors (Lipinski definition) is 4. The van der Waals surface area contributed by atoms with Crippen LogP contribution in [0.1, 0.15) is 11.8 Å². The van der Waals surface area contributed by atoms with E-state index in [1.54, 1.807) is 6.26 Å². The molecule has 1 amide bonds. The average molecular weight is 242 g/mol. The van der Waals surface area contributed by atoms with Crippen molar-refractivity contribution < 1.29 is 9.21 Å². The molecule has 1 unspecified atom stereocenters. The molecular weight excluding hydrogens is 224 g/mol. The Morgan fingerprint density at radius 3 is 2.88 bits per heavy atom. The topological polar surface area (TPSA) is 45.5 Å². The number of hydrogen-bond donors (Lipinski definition) is 1. The quantitative estimate of drug-likeness (QED) is 0.818. The number of carbonyl (C=O) groups excluding carboxylic acids is 1. The lowest BCUT2D eigenvalue weighted by molar-refractivity contribution is -0.118. The van der Waals surface area contributed by atoms with E-state index in [0.717, 1.165) is 5.76 Å². The Hall–Kier alpha value is -0.940. The number of furan rings is 1. The van der Waals surface area contributed by atoms with Gasteiger partial charge in [-0.25, -0.2) is 0 Å². The van der Waals surface area contributed by atoms with E-state index in [2.05, 4.69) is 5.32 Å². The fourth-order valence-electron chi connectivity index (χ4n) is 1.41. The zero-order valence-corrected chi connectivity index (χ0v) is 10.7. The minimum absolute atomic E-state index is 0.0610. The number of rotatable bonds is 6. The number of thioether (sulfide) groups is 1. The molecule has 0 aromatic carbocycles. The predicted molar refractivity (Wildman–Crippen MR) is 66.5 cm³/mol. The molecule has 0 radical (unpaired) electrons. The van der Waals surface area contributed by atoms with Crippen LogP contribution >= 0.6 is 11.8 Å². The minimum atomic E-state index is 0.0610. The van der Waals surface area contributed by atoms with Gasteiger partial charge in [0.25, 0.3) is 0 Å². The summed E-state index contributed by atoms with van der Waals surface area (Å²) < 4.78 is 5.35. The number of carbonyl (C=O) groups is 1. The molecule has 4 nitrogen and oxygen atoms in total. The molecule has 1 aromatic rings. The first-order valence-electron chi connectivity index (χ1n) is 5.10. The zero-order chi connectivity index (χ0) is 12.0. The van der Waals surface area contributed by atoms with E-state index in [4.69, 9.17) is 4.42 Å². The van der Waals surface area contributed by atoms with Crippen LogP contribution in [-0.4, -0.2) is 43.5 Å². The minimum Gasteiger partial charge on any atom is -0.468 e. The predicted octanol–water partition coefficient (Wildman–Crippen LogP) is 1.36. The summed E-state index contributed by atoms with van der Waals surface area (Å²) >= 11 is 1.52. The van der Waals surface area contributed by atoms with E-state index in [0.29, 0.717) is 12.3 Å². The molecule has 0 aliphatic heterocycles. The molecule has 5 heteroatoms. The maximum atomic E-state index is 11.4. The number of amides is 1. The summed E-state index contributed by atoms with van der Waals surface area (Å²) in [6.45, 7) is 0.569. The van der Waals surface area contributed by atoms with Crippen LogP contribution in [0.2, 0.25) is 0 Å². The summed E-state index contributed by atoms with van der Waals surface area (Å²) in [4.78, 5) is 13.4. The Kier molecular flexibility index (Phi) is 5.42. The van der Waals surface area contributed by atoms with E-state index < -0.39 is 0 Å². The molecule has 0 spiro atoms. The Bertz CT molecular complexity index is 312. The smallest absolute Gasteiger partial charge is 0.230 e. The molecule has 1 heterocycles. The molecular formula is C11H18N2O2S. The molecule has 0 saturated heterocycles. The van der Waals surface area contributed by atoms with Crippen molar-refractivity contribution in [2.75, 3.05) is 32.6 Å². The van der Waals surface area contributed by atoms with Gasteiger partial charge in [-0.3, -0.25) is 9.69 Å². The van der Waals surface area contributed by atoms with Gasteiger partial charge in [0.1, 0.15) is 5.76 Å². The SMILES string of the molecule is CSCC(=O)NCC(c1ccco1)N(C)C. The van der Waals surface area contributed by atoms with Crippen LogP contribution in [0.3, 0.4) is 0 Å². The molecule has 1 atom stereocenters. The van der Waals surface area contributed by atoms with E-state index >= 15 is 0 Å². The van der Waals surface area contributed by atoms with Gasteiger partial charge >= 0.3 is 0 Å². The lowest BCUT2D eigenvalue weighted by atomic mass is 10.2. The molecule has 1 N–H and O–H groups in total. The summed E-state index contributed by atoms with van der Waals surface area (Å²) in [5.41, 5.74) is 0. The highest BCUT2D eigenvalue weighted by Crippen LogP contribution is 2.17. The van der Waals surface area contributed by atoms with E-state index in [1.807, 2.05) is 37.4 Å². The second kappa shape index (κ2) is 6.60. The fraction of sp³-hybridized carbons (Fsp3) is 0.545. The lowest BCUT2D eigenvalue weighted by Gasteiger charge is -2.22. The van der Waals surface area contributed by atoms with Gasteiger partial charge in [-0.1, -0.05) is 0 Å². The third-order valence-corrected chi connectivity index (χ3v) is 2.81.